The third kappa shape index (κ3) is 2.35. The molecule has 2 rings (SSSR count). The Labute approximate surface area is 100 Å². The molecule has 1 saturated carbocycles. The van der Waals surface area contributed by atoms with Gasteiger partial charge in [0.1, 0.15) is 5.01 Å². The van der Waals surface area contributed by atoms with Gasteiger partial charge in [0, 0.05) is 19.0 Å². The minimum absolute atomic E-state index is 0.0916. The molecule has 16 heavy (non-hydrogen) atoms. The fraction of sp³-hybridized carbons (Fsp3) is 0.818. The Morgan fingerprint density at radius 1 is 1.38 bits per heavy atom. The van der Waals surface area contributed by atoms with E-state index in [4.69, 9.17) is 0 Å². The molecule has 1 aromatic rings. The highest BCUT2D eigenvalue weighted by Gasteiger charge is 2.34. The van der Waals surface area contributed by atoms with Gasteiger partial charge in [-0.3, -0.25) is 0 Å². The highest BCUT2D eigenvalue weighted by molar-refractivity contribution is 7.15. The number of aromatic nitrogens is 2. The Balaban J connectivity index is 2.03. The number of hydrogen-bond donors (Lipinski definition) is 1. The Hall–Kier alpha value is -0.680. The third-order valence-electron chi connectivity index (χ3n) is 3.41. The van der Waals surface area contributed by atoms with Gasteiger partial charge in [-0.25, -0.2) is 0 Å². The Morgan fingerprint density at radius 2 is 2.06 bits per heavy atom. The number of rotatable bonds is 4. The van der Waals surface area contributed by atoms with Crippen molar-refractivity contribution in [1.29, 1.82) is 0 Å². The molecule has 4 nitrogen and oxygen atoms in total. The van der Waals surface area contributed by atoms with Crippen LogP contribution < -0.4 is 4.90 Å². The fourth-order valence-electron chi connectivity index (χ4n) is 2.50. The minimum Gasteiger partial charge on any atom is -0.396 e. The van der Waals surface area contributed by atoms with E-state index in [9.17, 15) is 5.11 Å². The molecule has 1 heterocycles. The topological polar surface area (TPSA) is 49.2 Å². The van der Waals surface area contributed by atoms with Crippen molar-refractivity contribution in [3.8, 4) is 0 Å². The number of aliphatic hydroxyl groups is 1. The highest BCUT2D eigenvalue weighted by Crippen LogP contribution is 2.39. The molecule has 0 aliphatic heterocycles. The van der Waals surface area contributed by atoms with E-state index < -0.39 is 0 Å². The van der Waals surface area contributed by atoms with E-state index in [0.29, 0.717) is 0 Å². The SMILES string of the molecule is Cc1nnc(N(C)CC2(CO)CCCC2)s1. The van der Waals surface area contributed by atoms with Crippen molar-refractivity contribution in [2.24, 2.45) is 5.41 Å². The van der Waals surface area contributed by atoms with Gasteiger partial charge in [-0.05, 0) is 19.8 Å². The quantitative estimate of drug-likeness (QED) is 0.874. The number of anilines is 1. The molecule has 0 amide bonds. The van der Waals surface area contributed by atoms with E-state index in [2.05, 4.69) is 15.1 Å². The molecule has 90 valence electrons. The van der Waals surface area contributed by atoms with Crippen molar-refractivity contribution in [3.05, 3.63) is 5.01 Å². The van der Waals surface area contributed by atoms with Crippen LogP contribution >= 0.6 is 11.3 Å². The lowest BCUT2D eigenvalue weighted by Crippen LogP contribution is -2.36. The van der Waals surface area contributed by atoms with Gasteiger partial charge in [0.25, 0.3) is 0 Å². The maximum Gasteiger partial charge on any atom is 0.208 e. The fourth-order valence-corrected chi connectivity index (χ4v) is 3.15. The number of aliphatic hydroxyl groups excluding tert-OH is 1. The van der Waals surface area contributed by atoms with Crippen molar-refractivity contribution >= 4 is 16.5 Å². The first kappa shape index (κ1) is 11.8. The third-order valence-corrected chi connectivity index (χ3v) is 4.37. The van der Waals surface area contributed by atoms with Crippen LogP contribution in [0, 0.1) is 12.3 Å². The van der Waals surface area contributed by atoms with Gasteiger partial charge in [-0.15, -0.1) is 10.2 Å². The number of hydrogen-bond acceptors (Lipinski definition) is 5. The Kier molecular flexibility index (Phi) is 3.44. The van der Waals surface area contributed by atoms with Crippen LogP contribution in [0.15, 0.2) is 0 Å². The second-order valence-electron chi connectivity index (χ2n) is 4.82. The second kappa shape index (κ2) is 4.67. The summed E-state index contributed by atoms with van der Waals surface area (Å²) < 4.78 is 0. The van der Waals surface area contributed by atoms with Gasteiger partial charge in [0.2, 0.25) is 5.13 Å². The standard InChI is InChI=1S/C11H19N3OS/c1-9-12-13-10(16-9)14(2)7-11(8-15)5-3-4-6-11/h15H,3-8H2,1-2H3. The van der Waals surface area contributed by atoms with Crippen LogP contribution in [0.5, 0.6) is 0 Å². The molecule has 0 spiro atoms. The molecular formula is C11H19N3OS. The largest absolute Gasteiger partial charge is 0.396 e. The summed E-state index contributed by atoms with van der Waals surface area (Å²) in [5.41, 5.74) is 0.0916. The van der Waals surface area contributed by atoms with E-state index in [1.807, 2.05) is 14.0 Å². The lowest BCUT2D eigenvalue weighted by molar-refractivity contribution is 0.137. The van der Waals surface area contributed by atoms with Gasteiger partial charge in [-0.2, -0.15) is 0 Å². The Bertz CT molecular complexity index is 347. The van der Waals surface area contributed by atoms with Crippen LogP contribution in [-0.2, 0) is 0 Å². The summed E-state index contributed by atoms with van der Waals surface area (Å²) in [6, 6.07) is 0. The normalized spacial score (nSPS) is 18.9. The molecule has 0 bridgehead atoms. The molecule has 0 atom stereocenters. The summed E-state index contributed by atoms with van der Waals surface area (Å²) in [7, 11) is 2.04. The summed E-state index contributed by atoms with van der Waals surface area (Å²) >= 11 is 1.61. The van der Waals surface area contributed by atoms with Crippen molar-refractivity contribution in [2.45, 2.75) is 32.6 Å². The average molecular weight is 241 g/mol. The van der Waals surface area contributed by atoms with Crippen molar-refractivity contribution in [1.82, 2.24) is 10.2 Å². The molecule has 5 heteroatoms. The predicted molar refractivity (Wildman–Crippen MR) is 65.9 cm³/mol. The number of nitrogens with zero attached hydrogens (tertiary/aromatic N) is 3. The highest BCUT2D eigenvalue weighted by atomic mass is 32.1. The van der Waals surface area contributed by atoms with Crippen molar-refractivity contribution in [2.75, 3.05) is 25.1 Å². The predicted octanol–water partition coefficient (Wildman–Crippen LogP) is 1.84. The van der Waals surface area contributed by atoms with Crippen LogP contribution in [0.3, 0.4) is 0 Å². The summed E-state index contributed by atoms with van der Waals surface area (Å²) in [5.74, 6) is 0. The van der Waals surface area contributed by atoms with Gasteiger partial charge < -0.3 is 10.0 Å². The van der Waals surface area contributed by atoms with Gasteiger partial charge in [0.15, 0.2) is 0 Å². The summed E-state index contributed by atoms with van der Waals surface area (Å²) in [5, 5.41) is 19.7. The lowest BCUT2D eigenvalue weighted by Gasteiger charge is -2.31. The Morgan fingerprint density at radius 3 is 2.56 bits per heavy atom. The molecule has 1 aliphatic carbocycles. The van der Waals surface area contributed by atoms with E-state index in [0.717, 1.165) is 29.5 Å². The van der Waals surface area contributed by atoms with Gasteiger partial charge in [0.05, 0.1) is 6.61 Å². The van der Waals surface area contributed by atoms with E-state index in [-0.39, 0.29) is 12.0 Å². The monoisotopic (exact) mass is 241 g/mol. The molecular weight excluding hydrogens is 222 g/mol. The van der Waals surface area contributed by atoms with Crippen molar-refractivity contribution < 1.29 is 5.11 Å². The van der Waals surface area contributed by atoms with Crippen LogP contribution in [-0.4, -0.2) is 35.5 Å². The molecule has 0 unspecified atom stereocenters. The maximum atomic E-state index is 9.56. The minimum atomic E-state index is 0.0916. The number of aryl methyl sites for hydroxylation is 1. The van der Waals surface area contributed by atoms with Crippen LogP contribution in [0.25, 0.3) is 0 Å². The molecule has 1 aromatic heterocycles. The van der Waals surface area contributed by atoms with E-state index >= 15 is 0 Å². The summed E-state index contributed by atoms with van der Waals surface area (Å²) in [6.07, 6.45) is 4.74. The summed E-state index contributed by atoms with van der Waals surface area (Å²) in [6.45, 7) is 3.14. The first-order valence-electron chi connectivity index (χ1n) is 5.77. The molecule has 1 N–H and O–H groups in total. The van der Waals surface area contributed by atoms with E-state index in [1.54, 1.807) is 11.3 Å². The zero-order chi connectivity index (χ0) is 11.6. The second-order valence-corrected chi connectivity index (χ2v) is 5.99. The molecule has 0 radical (unpaired) electrons. The molecule has 1 aliphatic rings. The van der Waals surface area contributed by atoms with Gasteiger partial charge in [-0.1, -0.05) is 24.2 Å². The molecule has 1 fully saturated rings. The van der Waals surface area contributed by atoms with Crippen LogP contribution in [0.1, 0.15) is 30.7 Å². The first-order chi connectivity index (χ1) is 7.65. The van der Waals surface area contributed by atoms with Crippen molar-refractivity contribution in [3.63, 3.8) is 0 Å². The summed E-state index contributed by atoms with van der Waals surface area (Å²) in [4.78, 5) is 2.13. The van der Waals surface area contributed by atoms with Crippen LogP contribution in [0.2, 0.25) is 0 Å². The lowest BCUT2D eigenvalue weighted by atomic mass is 9.87. The van der Waals surface area contributed by atoms with Gasteiger partial charge >= 0.3 is 0 Å². The average Bonchev–Trinajstić information content (AvgIpc) is 2.88. The first-order valence-corrected chi connectivity index (χ1v) is 6.59. The molecule has 0 saturated heterocycles. The zero-order valence-electron chi connectivity index (χ0n) is 9.94. The van der Waals surface area contributed by atoms with E-state index in [1.165, 1.54) is 12.8 Å². The smallest absolute Gasteiger partial charge is 0.208 e. The molecule has 0 aromatic carbocycles. The zero-order valence-corrected chi connectivity index (χ0v) is 10.8. The maximum absolute atomic E-state index is 9.56. The van der Waals surface area contributed by atoms with Crippen LogP contribution in [0.4, 0.5) is 5.13 Å².